The van der Waals surface area contributed by atoms with Crippen LogP contribution >= 0.6 is 0 Å². The summed E-state index contributed by atoms with van der Waals surface area (Å²) in [5.41, 5.74) is 2.31. The molecule has 7 nitrogen and oxygen atoms in total. The van der Waals surface area contributed by atoms with Crippen molar-refractivity contribution in [1.82, 2.24) is 4.98 Å². The van der Waals surface area contributed by atoms with Gasteiger partial charge in [-0.05, 0) is 44.4 Å². The number of hydrogen-bond donors (Lipinski definition) is 2. The molecule has 0 saturated carbocycles. The van der Waals surface area contributed by atoms with Crippen LogP contribution in [-0.4, -0.2) is 38.1 Å². The molecule has 0 radical (unpaired) electrons. The molecule has 152 valence electrons. The van der Waals surface area contributed by atoms with E-state index < -0.39 is 16.0 Å². The van der Waals surface area contributed by atoms with Crippen LogP contribution in [0.25, 0.3) is 0 Å². The highest BCUT2D eigenvalue weighted by atomic mass is 32.2. The zero-order valence-electron chi connectivity index (χ0n) is 16.9. The number of benzene rings is 1. The number of anilines is 2. The molecule has 0 amide bonds. The van der Waals surface area contributed by atoms with Gasteiger partial charge < -0.3 is 10.0 Å². The number of carbonyl (C=O) groups is 1. The average Bonchev–Trinajstić information content (AvgIpc) is 2.57. The smallest absolute Gasteiger partial charge is 0.339 e. The van der Waals surface area contributed by atoms with Crippen molar-refractivity contribution < 1.29 is 18.3 Å². The second-order valence-corrected chi connectivity index (χ2v) is 8.63. The van der Waals surface area contributed by atoms with Crippen LogP contribution in [0, 0.1) is 20.8 Å². The van der Waals surface area contributed by atoms with Crippen molar-refractivity contribution in [1.29, 1.82) is 0 Å². The summed E-state index contributed by atoms with van der Waals surface area (Å²) in [5.74, 6) is -0.846. The van der Waals surface area contributed by atoms with Gasteiger partial charge in [-0.2, -0.15) is 0 Å². The maximum absolute atomic E-state index is 12.9. The lowest BCUT2D eigenvalue weighted by molar-refractivity contribution is 0.0697. The van der Waals surface area contributed by atoms with Crippen LogP contribution < -0.4 is 9.62 Å². The Bertz CT molecular complexity index is 964. The van der Waals surface area contributed by atoms with Gasteiger partial charge in [-0.3, -0.25) is 4.72 Å². The zero-order valence-corrected chi connectivity index (χ0v) is 17.7. The molecule has 8 heteroatoms. The Balaban J connectivity index is 2.41. The highest BCUT2D eigenvalue weighted by Gasteiger charge is 2.22. The molecule has 2 rings (SSSR count). The van der Waals surface area contributed by atoms with Gasteiger partial charge in [-0.1, -0.05) is 31.0 Å². The highest BCUT2D eigenvalue weighted by Crippen LogP contribution is 2.26. The molecule has 28 heavy (non-hydrogen) atoms. The van der Waals surface area contributed by atoms with Crippen LogP contribution in [0.5, 0.6) is 0 Å². The summed E-state index contributed by atoms with van der Waals surface area (Å²) in [7, 11) is -2.11. The van der Waals surface area contributed by atoms with Gasteiger partial charge in [0.05, 0.1) is 16.8 Å². The van der Waals surface area contributed by atoms with E-state index in [1.807, 2.05) is 13.8 Å². The van der Waals surface area contributed by atoms with Crippen LogP contribution in [0.2, 0.25) is 0 Å². The number of carboxylic acid groups (broad SMARTS) is 1. The first-order chi connectivity index (χ1) is 13.1. The van der Waals surface area contributed by atoms with E-state index >= 15 is 0 Å². The largest absolute Gasteiger partial charge is 0.478 e. The lowest BCUT2D eigenvalue weighted by atomic mass is 10.1. The molecule has 0 unspecified atom stereocenters. The number of rotatable bonds is 8. The van der Waals surface area contributed by atoms with Crippen molar-refractivity contribution in [2.45, 2.75) is 45.4 Å². The van der Waals surface area contributed by atoms with E-state index in [1.54, 1.807) is 37.9 Å². The fourth-order valence-corrected chi connectivity index (χ4v) is 4.76. The van der Waals surface area contributed by atoms with Gasteiger partial charge in [0.1, 0.15) is 11.4 Å². The maximum atomic E-state index is 12.9. The highest BCUT2D eigenvalue weighted by molar-refractivity contribution is 7.92. The summed E-state index contributed by atoms with van der Waals surface area (Å²) in [6.07, 6.45) is 3.22. The second-order valence-electron chi connectivity index (χ2n) is 7.01. The third-order valence-electron chi connectivity index (χ3n) is 4.43. The number of nitrogens with one attached hydrogen (secondary N) is 1. The van der Waals surface area contributed by atoms with Gasteiger partial charge in [0.15, 0.2) is 0 Å². The number of pyridine rings is 1. The lowest BCUT2D eigenvalue weighted by Gasteiger charge is -2.20. The number of aromatic nitrogens is 1. The third kappa shape index (κ3) is 4.81. The van der Waals surface area contributed by atoms with Crippen molar-refractivity contribution >= 4 is 27.5 Å². The van der Waals surface area contributed by atoms with Gasteiger partial charge >= 0.3 is 5.97 Å². The van der Waals surface area contributed by atoms with E-state index in [2.05, 4.69) is 9.71 Å². The Morgan fingerprint density at radius 1 is 1.18 bits per heavy atom. The van der Waals surface area contributed by atoms with E-state index in [9.17, 15) is 18.3 Å². The molecule has 0 aliphatic heterocycles. The predicted molar refractivity (Wildman–Crippen MR) is 111 cm³/mol. The number of carboxylic acids is 1. The second kappa shape index (κ2) is 8.60. The molecule has 0 spiro atoms. The molecule has 2 aromatic rings. The predicted octanol–water partition coefficient (Wildman–Crippen LogP) is 3.74. The van der Waals surface area contributed by atoms with Gasteiger partial charge in [0.2, 0.25) is 0 Å². The van der Waals surface area contributed by atoms with Crippen LogP contribution in [0.15, 0.2) is 29.3 Å². The topological polar surface area (TPSA) is 99.6 Å². The molecule has 0 aliphatic carbocycles. The first kappa shape index (κ1) is 21.7. The Morgan fingerprint density at radius 2 is 1.79 bits per heavy atom. The molecule has 0 fully saturated rings. The van der Waals surface area contributed by atoms with E-state index in [1.165, 1.54) is 12.3 Å². The molecule has 0 aliphatic rings. The Hall–Kier alpha value is -2.61. The zero-order chi connectivity index (χ0) is 21.1. The van der Waals surface area contributed by atoms with Gasteiger partial charge in [0.25, 0.3) is 10.0 Å². The summed E-state index contributed by atoms with van der Waals surface area (Å²) in [6, 6.07) is 4.91. The van der Waals surface area contributed by atoms with E-state index in [0.29, 0.717) is 23.5 Å². The number of nitrogens with zero attached hydrogens (tertiary/aromatic N) is 2. The Labute approximate surface area is 166 Å². The quantitative estimate of drug-likeness (QED) is 0.694. The molecule has 1 aromatic carbocycles. The SMILES string of the molecule is CCCCN(C)c1ncc(NS(=O)(=O)c2c(C)cc(C)cc2C)cc1C(=O)O. The van der Waals surface area contributed by atoms with Crippen LogP contribution in [0.4, 0.5) is 11.5 Å². The van der Waals surface area contributed by atoms with Gasteiger partial charge in [-0.25, -0.2) is 18.2 Å². The fourth-order valence-electron chi connectivity index (χ4n) is 3.27. The van der Waals surface area contributed by atoms with Crippen LogP contribution in [0.3, 0.4) is 0 Å². The average molecular weight is 406 g/mol. The lowest BCUT2D eigenvalue weighted by Crippen LogP contribution is -2.23. The van der Waals surface area contributed by atoms with Crippen molar-refractivity contribution in [2.75, 3.05) is 23.2 Å². The molecular weight excluding hydrogens is 378 g/mol. The van der Waals surface area contributed by atoms with Crippen LogP contribution in [-0.2, 0) is 10.0 Å². The standard InChI is InChI=1S/C20H27N3O4S/c1-6-7-8-23(5)19-17(20(24)25)11-16(12-21-19)22-28(26,27)18-14(3)9-13(2)10-15(18)4/h9-12,22H,6-8H2,1-5H3,(H,24,25). The minimum Gasteiger partial charge on any atom is -0.478 e. The third-order valence-corrected chi connectivity index (χ3v) is 6.12. The summed E-state index contributed by atoms with van der Waals surface area (Å²) in [5, 5.41) is 9.55. The molecule has 0 saturated heterocycles. The van der Waals surface area contributed by atoms with E-state index in [4.69, 9.17) is 0 Å². The number of unbranched alkanes of at least 4 members (excludes halogenated alkanes) is 1. The molecule has 1 heterocycles. The first-order valence-electron chi connectivity index (χ1n) is 9.12. The number of hydrogen-bond acceptors (Lipinski definition) is 5. The van der Waals surface area contributed by atoms with Gasteiger partial charge in [0, 0.05) is 13.6 Å². The summed E-state index contributed by atoms with van der Waals surface area (Å²) < 4.78 is 28.3. The van der Waals surface area contributed by atoms with Crippen molar-refractivity contribution in [3.05, 3.63) is 46.6 Å². The molecule has 1 aromatic heterocycles. The van der Waals surface area contributed by atoms with E-state index in [-0.39, 0.29) is 16.1 Å². The monoisotopic (exact) mass is 405 g/mol. The Kier molecular flexibility index (Phi) is 6.66. The maximum Gasteiger partial charge on any atom is 0.339 e. The first-order valence-corrected chi connectivity index (χ1v) is 10.6. The summed E-state index contributed by atoms with van der Waals surface area (Å²) in [6.45, 7) is 8.09. The fraction of sp³-hybridized carbons (Fsp3) is 0.400. The Morgan fingerprint density at radius 3 is 2.32 bits per heavy atom. The number of aryl methyl sites for hydroxylation is 3. The molecule has 0 atom stereocenters. The van der Waals surface area contributed by atoms with Crippen molar-refractivity contribution in [3.8, 4) is 0 Å². The van der Waals surface area contributed by atoms with Crippen molar-refractivity contribution in [2.24, 2.45) is 0 Å². The molecule has 0 bridgehead atoms. The minimum absolute atomic E-state index is 0.0452. The molecular formula is C20H27N3O4S. The summed E-state index contributed by atoms with van der Waals surface area (Å²) in [4.78, 5) is 17.9. The minimum atomic E-state index is -3.88. The van der Waals surface area contributed by atoms with Crippen molar-refractivity contribution in [3.63, 3.8) is 0 Å². The van der Waals surface area contributed by atoms with Gasteiger partial charge in [-0.15, -0.1) is 0 Å². The summed E-state index contributed by atoms with van der Waals surface area (Å²) >= 11 is 0. The van der Waals surface area contributed by atoms with Crippen LogP contribution in [0.1, 0.15) is 46.8 Å². The number of aromatic carboxylic acids is 1. The van der Waals surface area contributed by atoms with E-state index in [0.717, 1.165) is 18.4 Å². The molecule has 2 N–H and O–H groups in total. The number of sulfonamides is 1. The normalized spacial score (nSPS) is 11.3.